The molecule has 4 nitrogen and oxygen atoms in total. The Hall–Kier alpha value is -1.39. The minimum absolute atomic E-state index is 0.0703. The second-order valence-corrected chi connectivity index (χ2v) is 6.61. The molecule has 1 aromatic carbocycles. The van der Waals surface area contributed by atoms with E-state index in [2.05, 4.69) is 30.9 Å². The van der Waals surface area contributed by atoms with Gasteiger partial charge in [0, 0.05) is 16.9 Å². The topological polar surface area (TPSA) is 50.9 Å². The van der Waals surface area contributed by atoms with Crippen molar-refractivity contribution in [1.29, 1.82) is 0 Å². The van der Waals surface area contributed by atoms with Crippen LogP contribution in [0.1, 0.15) is 38.0 Å². The molecule has 0 atom stereocenters. The third-order valence-corrected chi connectivity index (χ3v) is 3.53. The Bertz CT molecular complexity index is 585. The molecule has 1 N–H and O–H groups in total. The first kappa shape index (κ1) is 16.0. The summed E-state index contributed by atoms with van der Waals surface area (Å²) in [6, 6.07) is 7.85. The number of benzene rings is 1. The van der Waals surface area contributed by atoms with Crippen molar-refractivity contribution in [2.24, 2.45) is 0 Å². The van der Waals surface area contributed by atoms with Gasteiger partial charge >= 0.3 is 0 Å². The van der Waals surface area contributed by atoms with Crippen LogP contribution in [0.3, 0.4) is 0 Å². The number of aryl methyl sites for hydroxylation is 2. The van der Waals surface area contributed by atoms with Gasteiger partial charge in [0.05, 0.1) is 13.2 Å². The molecule has 0 radical (unpaired) electrons. The molecule has 114 valence electrons. The third kappa shape index (κ3) is 4.29. The van der Waals surface area contributed by atoms with E-state index in [4.69, 9.17) is 16.7 Å². The SMILES string of the molecule is CC(C)(C)c1nc(CCc2ccc(Cl)cc2)n(CCO)n1. The quantitative estimate of drug-likeness (QED) is 0.924. The maximum Gasteiger partial charge on any atom is 0.156 e. The highest BCUT2D eigenvalue weighted by molar-refractivity contribution is 6.30. The molecule has 0 amide bonds. The number of aromatic nitrogens is 3. The van der Waals surface area contributed by atoms with Crippen molar-refractivity contribution in [3.8, 4) is 0 Å². The standard InChI is InChI=1S/C16H22ClN3O/c1-16(2,3)15-18-14(20(19-15)10-11-21)9-6-12-4-7-13(17)8-5-12/h4-5,7-8,21H,6,9-11H2,1-3H3. The lowest BCUT2D eigenvalue weighted by Gasteiger charge is -2.12. The molecule has 0 saturated heterocycles. The van der Waals surface area contributed by atoms with Gasteiger partial charge in [-0.15, -0.1) is 0 Å². The zero-order valence-corrected chi connectivity index (χ0v) is 13.6. The van der Waals surface area contributed by atoms with Crippen molar-refractivity contribution in [3.05, 3.63) is 46.5 Å². The molecule has 1 heterocycles. The van der Waals surface area contributed by atoms with Gasteiger partial charge in [-0.2, -0.15) is 5.10 Å². The highest BCUT2D eigenvalue weighted by atomic mass is 35.5. The third-order valence-electron chi connectivity index (χ3n) is 3.28. The van der Waals surface area contributed by atoms with Crippen LogP contribution in [-0.2, 0) is 24.8 Å². The van der Waals surface area contributed by atoms with Gasteiger partial charge in [-0.05, 0) is 24.1 Å². The fourth-order valence-corrected chi connectivity index (χ4v) is 2.18. The summed E-state index contributed by atoms with van der Waals surface area (Å²) in [6.45, 7) is 6.83. The van der Waals surface area contributed by atoms with E-state index >= 15 is 0 Å². The van der Waals surface area contributed by atoms with E-state index in [1.807, 2.05) is 28.9 Å². The van der Waals surface area contributed by atoms with Crippen molar-refractivity contribution in [2.75, 3.05) is 6.61 Å². The van der Waals surface area contributed by atoms with Gasteiger partial charge in [-0.25, -0.2) is 9.67 Å². The average molecular weight is 308 g/mol. The fourth-order valence-electron chi connectivity index (χ4n) is 2.06. The molecule has 0 aliphatic heterocycles. The van der Waals surface area contributed by atoms with E-state index in [1.165, 1.54) is 5.56 Å². The van der Waals surface area contributed by atoms with Gasteiger partial charge in [0.2, 0.25) is 0 Å². The summed E-state index contributed by atoms with van der Waals surface area (Å²) in [5.41, 5.74) is 1.13. The molecule has 2 aromatic rings. The highest BCUT2D eigenvalue weighted by Crippen LogP contribution is 2.19. The van der Waals surface area contributed by atoms with Gasteiger partial charge in [0.15, 0.2) is 5.82 Å². The van der Waals surface area contributed by atoms with E-state index in [1.54, 1.807) is 0 Å². The predicted molar refractivity (Wildman–Crippen MR) is 84.7 cm³/mol. The Morgan fingerprint density at radius 2 is 1.81 bits per heavy atom. The molecule has 0 bridgehead atoms. The highest BCUT2D eigenvalue weighted by Gasteiger charge is 2.21. The number of hydrogen-bond donors (Lipinski definition) is 1. The van der Waals surface area contributed by atoms with Crippen LogP contribution in [0.25, 0.3) is 0 Å². The Morgan fingerprint density at radius 3 is 2.38 bits per heavy atom. The summed E-state index contributed by atoms with van der Waals surface area (Å²) < 4.78 is 1.82. The molecular weight excluding hydrogens is 286 g/mol. The first-order valence-electron chi connectivity index (χ1n) is 7.19. The van der Waals surface area contributed by atoms with Crippen molar-refractivity contribution >= 4 is 11.6 Å². The van der Waals surface area contributed by atoms with Crippen LogP contribution in [-0.4, -0.2) is 26.5 Å². The number of nitrogens with zero attached hydrogens (tertiary/aromatic N) is 3. The van der Waals surface area contributed by atoms with E-state index < -0.39 is 0 Å². The van der Waals surface area contributed by atoms with Gasteiger partial charge in [-0.1, -0.05) is 44.5 Å². The van der Waals surface area contributed by atoms with Crippen LogP contribution in [0.5, 0.6) is 0 Å². The molecule has 2 rings (SSSR count). The van der Waals surface area contributed by atoms with Crippen molar-refractivity contribution < 1.29 is 5.11 Å². The van der Waals surface area contributed by atoms with E-state index in [0.717, 1.165) is 29.5 Å². The summed E-state index contributed by atoms with van der Waals surface area (Å²) in [7, 11) is 0. The molecule has 0 fully saturated rings. The lowest BCUT2D eigenvalue weighted by atomic mass is 9.96. The zero-order valence-electron chi connectivity index (χ0n) is 12.8. The van der Waals surface area contributed by atoms with Crippen molar-refractivity contribution in [3.63, 3.8) is 0 Å². The van der Waals surface area contributed by atoms with E-state index in [9.17, 15) is 0 Å². The second kappa shape index (κ2) is 6.58. The van der Waals surface area contributed by atoms with Gasteiger partial charge in [0.1, 0.15) is 5.82 Å². The number of aliphatic hydroxyl groups excluding tert-OH is 1. The Balaban J connectivity index is 2.14. The Morgan fingerprint density at radius 1 is 1.14 bits per heavy atom. The number of aliphatic hydroxyl groups is 1. The molecule has 0 unspecified atom stereocenters. The molecule has 5 heteroatoms. The lowest BCUT2D eigenvalue weighted by Crippen LogP contribution is -2.14. The minimum Gasteiger partial charge on any atom is -0.394 e. The lowest BCUT2D eigenvalue weighted by molar-refractivity contribution is 0.266. The first-order chi connectivity index (χ1) is 9.90. The Labute approximate surface area is 130 Å². The van der Waals surface area contributed by atoms with Crippen LogP contribution in [0.4, 0.5) is 0 Å². The first-order valence-corrected chi connectivity index (χ1v) is 7.57. The van der Waals surface area contributed by atoms with Crippen molar-refractivity contribution in [2.45, 2.75) is 45.6 Å². The van der Waals surface area contributed by atoms with Crippen molar-refractivity contribution in [1.82, 2.24) is 14.8 Å². The normalized spacial score (nSPS) is 11.9. The maximum absolute atomic E-state index is 9.17. The van der Waals surface area contributed by atoms with Gasteiger partial charge < -0.3 is 5.11 Å². The molecule has 0 aliphatic carbocycles. The van der Waals surface area contributed by atoms with Crippen LogP contribution in [0.2, 0.25) is 5.02 Å². The fraction of sp³-hybridized carbons (Fsp3) is 0.500. The maximum atomic E-state index is 9.17. The monoisotopic (exact) mass is 307 g/mol. The number of halogens is 1. The molecular formula is C16H22ClN3O. The second-order valence-electron chi connectivity index (χ2n) is 6.17. The van der Waals surface area contributed by atoms with Crippen LogP contribution >= 0.6 is 11.6 Å². The number of hydrogen-bond acceptors (Lipinski definition) is 3. The van der Waals surface area contributed by atoms with Crippen LogP contribution in [0, 0.1) is 0 Å². The molecule has 0 spiro atoms. The van der Waals surface area contributed by atoms with Gasteiger partial charge in [-0.3, -0.25) is 0 Å². The number of rotatable bonds is 5. The summed E-state index contributed by atoms with van der Waals surface area (Å²) in [6.07, 6.45) is 1.68. The van der Waals surface area contributed by atoms with Crippen LogP contribution in [0.15, 0.2) is 24.3 Å². The molecule has 1 aromatic heterocycles. The predicted octanol–water partition coefficient (Wildman–Crippen LogP) is 3.01. The summed E-state index contributed by atoms with van der Waals surface area (Å²) in [4.78, 5) is 4.65. The summed E-state index contributed by atoms with van der Waals surface area (Å²) in [5, 5.41) is 14.4. The van der Waals surface area contributed by atoms with E-state index in [-0.39, 0.29) is 12.0 Å². The largest absolute Gasteiger partial charge is 0.394 e. The summed E-state index contributed by atoms with van der Waals surface area (Å²) in [5.74, 6) is 1.74. The summed E-state index contributed by atoms with van der Waals surface area (Å²) >= 11 is 5.89. The molecule has 21 heavy (non-hydrogen) atoms. The molecule has 0 saturated carbocycles. The molecule has 0 aliphatic rings. The minimum atomic E-state index is -0.0876. The van der Waals surface area contributed by atoms with Crippen LogP contribution < -0.4 is 0 Å². The smallest absolute Gasteiger partial charge is 0.156 e. The van der Waals surface area contributed by atoms with Gasteiger partial charge in [0.25, 0.3) is 0 Å². The Kier molecular flexibility index (Phi) is 5.01. The zero-order chi connectivity index (χ0) is 15.5. The average Bonchev–Trinajstić information content (AvgIpc) is 2.82. The van der Waals surface area contributed by atoms with E-state index in [0.29, 0.717) is 6.54 Å².